The highest BCUT2D eigenvalue weighted by Gasteiger charge is 2.34. The molecule has 7 heteroatoms. The van der Waals surface area contributed by atoms with Crippen molar-refractivity contribution in [2.24, 2.45) is 0 Å². The number of hydrogen-bond donors (Lipinski definition) is 1. The molecule has 0 bridgehead atoms. The second kappa shape index (κ2) is 11.2. The van der Waals surface area contributed by atoms with Gasteiger partial charge in [-0.05, 0) is 74.1 Å². The van der Waals surface area contributed by atoms with Crippen molar-refractivity contribution >= 4 is 17.7 Å². The first kappa shape index (κ1) is 27.0. The Morgan fingerprint density at radius 2 is 1.63 bits per heavy atom. The van der Waals surface area contributed by atoms with Crippen LogP contribution in [-0.2, 0) is 22.4 Å². The molecule has 1 N–H and O–H groups in total. The zero-order chi connectivity index (χ0) is 27.4. The summed E-state index contributed by atoms with van der Waals surface area (Å²) in [5.41, 5.74) is 5.36. The van der Waals surface area contributed by atoms with Gasteiger partial charge in [0.05, 0.1) is 20.3 Å². The van der Waals surface area contributed by atoms with Crippen LogP contribution in [-0.4, -0.2) is 43.3 Å². The molecule has 3 aromatic rings. The smallest absolute Gasteiger partial charge is 0.410 e. The minimum Gasteiger partial charge on any atom is -0.493 e. The van der Waals surface area contributed by atoms with Crippen molar-refractivity contribution in [3.8, 4) is 22.6 Å². The first-order chi connectivity index (χ1) is 18.1. The largest absolute Gasteiger partial charge is 0.493 e. The van der Waals surface area contributed by atoms with E-state index in [2.05, 4.69) is 17.4 Å². The summed E-state index contributed by atoms with van der Waals surface area (Å²) in [6.07, 6.45) is 0.975. The van der Waals surface area contributed by atoms with Gasteiger partial charge >= 0.3 is 6.09 Å². The summed E-state index contributed by atoms with van der Waals surface area (Å²) in [6, 6.07) is 19.7. The molecule has 2 amide bonds. The summed E-state index contributed by atoms with van der Waals surface area (Å²) in [6.45, 7) is 7.68. The molecule has 3 aromatic carbocycles. The van der Waals surface area contributed by atoms with E-state index in [0.29, 0.717) is 30.9 Å². The summed E-state index contributed by atoms with van der Waals surface area (Å²) in [4.78, 5) is 26.8. The molecule has 1 heterocycles. The summed E-state index contributed by atoms with van der Waals surface area (Å²) in [5.74, 6) is 1.20. The van der Waals surface area contributed by atoms with Crippen molar-refractivity contribution in [2.45, 2.75) is 52.2 Å². The van der Waals surface area contributed by atoms with Crippen LogP contribution in [0.2, 0.25) is 0 Å². The number of para-hydroxylation sites is 1. The number of fused-ring (bicyclic) bond motifs is 1. The second-order valence-corrected chi connectivity index (χ2v) is 10.5. The highest BCUT2D eigenvalue weighted by Crippen LogP contribution is 2.40. The predicted octanol–water partition coefficient (Wildman–Crippen LogP) is 6.41. The van der Waals surface area contributed by atoms with E-state index in [1.807, 2.05) is 74.2 Å². The van der Waals surface area contributed by atoms with Crippen LogP contribution in [0.5, 0.6) is 11.5 Å². The number of amides is 2. The Hall–Kier alpha value is -4.00. The average molecular weight is 517 g/mol. The number of rotatable bonds is 6. The molecule has 38 heavy (non-hydrogen) atoms. The molecule has 0 aliphatic carbocycles. The fraction of sp³-hybridized carbons (Fsp3) is 0.355. The van der Waals surface area contributed by atoms with Gasteiger partial charge in [-0.1, -0.05) is 42.5 Å². The number of ether oxygens (including phenoxy) is 3. The molecule has 0 radical (unpaired) electrons. The molecule has 200 valence electrons. The Bertz CT molecular complexity index is 1310. The molecular formula is C31H36N2O5. The van der Waals surface area contributed by atoms with Crippen molar-refractivity contribution in [1.82, 2.24) is 4.90 Å². The van der Waals surface area contributed by atoms with Crippen molar-refractivity contribution in [1.29, 1.82) is 0 Å². The Kier molecular flexibility index (Phi) is 7.95. The van der Waals surface area contributed by atoms with Gasteiger partial charge in [-0.2, -0.15) is 0 Å². The lowest BCUT2D eigenvalue weighted by Crippen LogP contribution is -2.43. The SMILES string of the molecule is COc1cc2c(cc1OC)C(Cc1ccc(-c3ccccc3NC(C)=O)cc1)N(C(=O)OC(C)(C)C)CC2. The highest BCUT2D eigenvalue weighted by atomic mass is 16.6. The van der Waals surface area contributed by atoms with Gasteiger partial charge in [-0.3, -0.25) is 4.79 Å². The maximum Gasteiger partial charge on any atom is 0.410 e. The third kappa shape index (κ3) is 6.10. The van der Waals surface area contributed by atoms with Crippen LogP contribution in [0.1, 0.15) is 50.4 Å². The molecule has 0 spiro atoms. The number of nitrogens with one attached hydrogen (secondary N) is 1. The monoisotopic (exact) mass is 516 g/mol. The molecule has 7 nitrogen and oxygen atoms in total. The third-order valence-electron chi connectivity index (χ3n) is 6.56. The normalized spacial score (nSPS) is 14.9. The fourth-order valence-corrected chi connectivity index (χ4v) is 4.86. The van der Waals surface area contributed by atoms with Gasteiger partial charge in [-0.15, -0.1) is 0 Å². The average Bonchev–Trinajstić information content (AvgIpc) is 2.87. The van der Waals surface area contributed by atoms with E-state index in [9.17, 15) is 9.59 Å². The van der Waals surface area contributed by atoms with E-state index in [1.165, 1.54) is 6.92 Å². The van der Waals surface area contributed by atoms with Gasteiger partial charge in [-0.25, -0.2) is 4.79 Å². The summed E-state index contributed by atoms with van der Waals surface area (Å²) < 4.78 is 16.9. The van der Waals surface area contributed by atoms with Crippen molar-refractivity contribution in [2.75, 3.05) is 26.1 Å². The number of carbonyl (C=O) groups excluding carboxylic acids is 2. The van der Waals surface area contributed by atoms with Crippen LogP contribution in [0.4, 0.5) is 10.5 Å². The molecule has 1 unspecified atom stereocenters. The maximum absolute atomic E-state index is 13.3. The lowest BCUT2D eigenvalue weighted by Gasteiger charge is -2.38. The minimum absolute atomic E-state index is 0.112. The van der Waals surface area contributed by atoms with Crippen LogP contribution < -0.4 is 14.8 Å². The first-order valence-corrected chi connectivity index (χ1v) is 12.8. The molecule has 1 aliphatic heterocycles. The molecule has 0 saturated carbocycles. The Balaban J connectivity index is 1.68. The van der Waals surface area contributed by atoms with E-state index >= 15 is 0 Å². The lowest BCUT2D eigenvalue weighted by molar-refractivity contribution is -0.114. The summed E-state index contributed by atoms with van der Waals surface area (Å²) in [7, 11) is 3.24. The Morgan fingerprint density at radius 3 is 2.26 bits per heavy atom. The Morgan fingerprint density at radius 1 is 0.974 bits per heavy atom. The van der Waals surface area contributed by atoms with Crippen molar-refractivity contribution < 1.29 is 23.8 Å². The van der Waals surface area contributed by atoms with Gasteiger partial charge in [0.1, 0.15) is 5.60 Å². The van der Waals surface area contributed by atoms with Gasteiger partial charge < -0.3 is 24.4 Å². The zero-order valence-corrected chi connectivity index (χ0v) is 23.0. The second-order valence-electron chi connectivity index (χ2n) is 10.5. The van der Waals surface area contributed by atoms with E-state index in [1.54, 1.807) is 14.2 Å². The molecule has 1 atom stereocenters. The fourth-order valence-electron chi connectivity index (χ4n) is 4.86. The number of nitrogens with zero attached hydrogens (tertiary/aromatic N) is 1. The van der Waals surface area contributed by atoms with Crippen LogP contribution in [0.25, 0.3) is 11.1 Å². The topological polar surface area (TPSA) is 77.1 Å². The van der Waals surface area contributed by atoms with E-state index in [-0.39, 0.29) is 18.0 Å². The number of anilines is 1. The summed E-state index contributed by atoms with van der Waals surface area (Å²) in [5, 5.41) is 2.90. The molecule has 0 saturated heterocycles. The summed E-state index contributed by atoms with van der Waals surface area (Å²) >= 11 is 0. The van der Waals surface area contributed by atoms with Gasteiger partial charge in [0.25, 0.3) is 0 Å². The third-order valence-corrected chi connectivity index (χ3v) is 6.56. The number of methoxy groups -OCH3 is 2. The van der Waals surface area contributed by atoms with Crippen LogP contribution >= 0.6 is 0 Å². The van der Waals surface area contributed by atoms with Crippen LogP contribution in [0.15, 0.2) is 60.7 Å². The van der Waals surface area contributed by atoms with Gasteiger partial charge in [0, 0.05) is 24.7 Å². The standard InChI is InChI=1S/C31H36N2O5/c1-20(34)32-26-10-8-7-9-24(26)22-13-11-21(12-14-22)17-27-25-19-29(37-6)28(36-5)18-23(25)15-16-33(27)30(35)38-31(2,3)4/h7-14,18-19,27H,15-17H2,1-6H3,(H,32,34). The van der Waals surface area contributed by atoms with Crippen LogP contribution in [0, 0.1) is 0 Å². The maximum atomic E-state index is 13.3. The van der Waals surface area contributed by atoms with E-state index < -0.39 is 5.60 Å². The molecule has 1 aliphatic rings. The molecular weight excluding hydrogens is 480 g/mol. The highest BCUT2D eigenvalue weighted by molar-refractivity contribution is 5.94. The quantitative estimate of drug-likeness (QED) is 0.410. The van der Waals surface area contributed by atoms with E-state index in [4.69, 9.17) is 14.2 Å². The Labute approximate surface area is 224 Å². The predicted molar refractivity (Wildman–Crippen MR) is 149 cm³/mol. The number of hydrogen-bond acceptors (Lipinski definition) is 5. The van der Waals surface area contributed by atoms with Crippen molar-refractivity contribution in [3.05, 3.63) is 77.4 Å². The van der Waals surface area contributed by atoms with Gasteiger partial charge in [0.15, 0.2) is 11.5 Å². The van der Waals surface area contributed by atoms with Crippen molar-refractivity contribution in [3.63, 3.8) is 0 Å². The number of carbonyl (C=O) groups is 2. The first-order valence-electron chi connectivity index (χ1n) is 12.8. The molecule has 0 fully saturated rings. The van der Waals surface area contributed by atoms with Crippen LogP contribution in [0.3, 0.4) is 0 Å². The zero-order valence-electron chi connectivity index (χ0n) is 23.0. The van der Waals surface area contributed by atoms with Gasteiger partial charge in [0.2, 0.25) is 5.91 Å². The number of benzene rings is 3. The minimum atomic E-state index is -0.595. The molecule has 4 rings (SSSR count). The lowest BCUT2D eigenvalue weighted by atomic mass is 9.88. The molecule has 0 aromatic heterocycles. The van der Waals surface area contributed by atoms with E-state index in [0.717, 1.165) is 33.5 Å².